The van der Waals surface area contributed by atoms with Gasteiger partial charge < -0.3 is 4.90 Å². The van der Waals surface area contributed by atoms with E-state index in [0.29, 0.717) is 0 Å². The molecular weight excluding hydrogens is 885 g/mol. The first kappa shape index (κ1) is 51.9. The first-order chi connectivity index (χ1) is 29.0. The van der Waals surface area contributed by atoms with Gasteiger partial charge in [0.2, 0.25) is 0 Å². The van der Waals surface area contributed by atoms with Crippen molar-refractivity contribution >= 4 is 28.0 Å². The molecule has 22 heteroatoms. The van der Waals surface area contributed by atoms with Crippen molar-refractivity contribution in [2.24, 2.45) is 0 Å². The van der Waals surface area contributed by atoms with Gasteiger partial charge in [-0.05, 0) is 25.7 Å². The predicted molar refractivity (Wildman–Crippen MR) is 188 cm³/mol. The highest BCUT2D eigenvalue weighted by Crippen LogP contribution is 2.30. The molecule has 4 aromatic rings. The molecule has 1 nitrogen and oxygen atoms in total. The Hall–Kier alpha value is -4.50. The second-order valence-electron chi connectivity index (χ2n) is 14.3. The first-order valence-corrected chi connectivity index (χ1v) is 19.1. The van der Waals surface area contributed by atoms with Crippen molar-refractivity contribution in [1.29, 1.82) is 0 Å². The third-order valence-electron chi connectivity index (χ3n) is 10.4. The molecule has 0 saturated heterocycles. The van der Waals surface area contributed by atoms with E-state index in [1.165, 1.54) is 83.8 Å². The molecular formula is C40H36BF20N. The summed E-state index contributed by atoms with van der Waals surface area (Å²) in [6, 6.07) is 0. The van der Waals surface area contributed by atoms with Crippen LogP contribution >= 0.6 is 0 Å². The van der Waals surface area contributed by atoms with Gasteiger partial charge in [0.15, 0.2) is 69.8 Å². The molecule has 0 radical (unpaired) electrons. The lowest BCUT2D eigenvalue weighted by Crippen LogP contribution is -3.12. The van der Waals surface area contributed by atoms with Crippen molar-refractivity contribution in [3.05, 3.63) is 116 Å². The van der Waals surface area contributed by atoms with Gasteiger partial charge in [0.1, 0.15) is 52.7 Å². The monoisotopic (exact) mass is 921 g/mol. The molecule has 0 saturated carbocycles. The lowest BCUT2D eigenvalue weighted by atomic mass is 9.12. The van der Waals surface area contributed by atoms with E-state index in [2.05, 4.69) is 20.8 Å². The molecule has 344 valence electrons. The maximum atomic E-state index is 15.4. The maximum Gasteiger partial charge on any atom is 0.200 e. The summed E-state index contributed by atoms with van der Waals surface area (Å²) in [5, 5.41) is 0. The van der Waals surface area contributed by atoms with Crippen LogP contribution in [0.2, 0.25) is 0 Å². The van der Waals surface area contributed by atoms with Crippen molar-refractivity contribution in [1.82, 2.24) is 0 Å². The molecule has 1 N–H and O–H groups in total. The van der Waals surface area contributed by atoms with Crippen molar-refractivity contribution < 1.29 is 92.7 Å². The Bertz CT molecular complexity index is 1860. The minimum atomic E-state index is -7.22. The number of quaternary nitrogens is 1. The van der Waals surface area contributed by atoms with Crippen LogP contribution in [-0.2, 0) is 0 Å². The van der Waals surface area contributed by atoms with Gasteiger partial charge in [-0.15, -0.1) is 21.9 Å². The SMILES string of the molecule is CCCCCCCC[NH+](CCCC)CCCC.Fc1c(F)c(F)c([B-](c2c(F)c(F)c(F)c(F)c2F)(c2c(F)c(F)c(F)c(F)c2F)c2c(F)c(F)c(F)c(F)c2F)c(F)c1F. The third kappa shape index (κ3) is 9.53. The summed E-state index contributed by atoms with van der Waals surface area (Å²) < 4.78 is 294. The zero-order chi connectivity index (χ0) is 47.1. The number of hydrogen-bond donors (Lipinski definition) is 1. The summed E-state index contributed by atoms with van der Waals surface area (Å²) in [5.41, 5.74) is -14.3. The average molecular weight is 922 g/mol. The molecule has 0 amide bonds. The van der Waals surface area contributed by atoms with Crippen molar-refractivity contribution in [2.75, 3.05) is 19.6 Å². The number of hydrogen-bond acceptors (Lipinski definition) is 0. The van der Waals surface area contributed by atoms with E-state index < -0.39 is 144 Å². The van der Waals surface area contributed by atoms with Gasteiger partial charge in [0.05, 0.1) is 19.6 Å². The van der Waals surface area contributed by atoms with Crippen LogP contribution in [0.5, 0.6) is 0 Å². The van der Waals surface area contributed by atoms with Gasteiger partial charge in [-0.1, -0.05) is 59.3 Å². The molecule has 0 aliphatic heterocycles. The molecule has 0 aliphatic carbocycles. The largest absolute Gasteiger partial charge is 0.335 e. The normalized spacial score (nSPS) is 11.8. The summed E-state index contributed by atoms with van der Waals surface area (Å²) in [6.45, 7) is 11.1. The second-order valence-corrected chi connectivity index (χ2v) is 14.3. The standard InChI is InChI=1S/C24BF20.C16H35N/c26-5-1(6(27)14(35)21(42)13(5)34)25(2-7(28)15(36)22(43)16(37)8(2)29,3-9(30)17(38)23(44)18(39)10(3)31)4-11(32)19(40)24(45)20(41)12(4)33;1-4-7-10-11-12-13-16-17(14-8-5-2)15-9-6-3/h;4-16H2,1-3H3/q-1;/p+1. The maximum absolute atomic E-state index is 15.4. The third-order valence-corrected chi connectivity index (χ3v) is 10.4. The van der Waals surface area contributed by atoms with Gasteiger partial charge in [0, 0.05) is 0 Å². The van der Waals surface area contributed by atoms with Crippen LogP contribution in [0.15, 0.2) is 0 Å². The Morgan fingerprint density at radius 2 is 0.419 bits per heavy atom. The second kappa shape index (κ2) is 21.7. The first-order valence-electron chi connectivity index (χ1n) is 19.1. The van der Waals surface area contributed by atoms with Crippen molar-refractivity contribution in [3.8, 4) is 0 Å². The molecule has 0 unspecified atom stereocenters. The Morgan fingerprint density at radius 1 is 0.242 bits per heavy atom. The molecule has 0 aromatic heterocycles. The average Bonchev–Trinajstić information content (AvgIpc) is 3.25. The molecule has 0 atom stereocenters. The number of unbranched alkanes of at least 4 members (excludes halogenated alkanes) is 7. The predicted octanol–water partition coefficient (Wildman–Crippen LogP) is 9.68. The Morgan fingerprint density at radius 3 is 0.645 bits per heavy atom. The van der Waals surface area contributed by atoms with Gasteiger partial charge in [-0.25, -0.2) is 87.8 Å². The molecule has 4 aromatic carbocycles. The molecule has 0 bridgehead atoms. The molecule has 62 heavy (non-hydrogen) atoms. The highest BCUT2D eigenvalue weighted by atomic mass is 19.2. The lowest BCUT2D eigenvalue weighted by Gasteiger charge is -2.44. The van der Waals surface area contributed by atoms with Crippen LogP contribution in [0.25, 0.3) is 0 Å². The van der Waals surface area contributed by atoms with Gasteiger partial charge in [0.25, 0.3) is 0 Å². The molecule has 0 heterocycles. The van der Waals surface area contributed by atoms with Gasteiger partial charge in [-0.2, -0.15) is 0 Å². The fourth-order valence-electron chi connectivity index (χ4n) is 7.26. The summed E-state index contributed by atoms with van der Waals surface area (Å²) in [5.74, 6) is -71.4. The Kier molecular flexibility index (Phi) is 18.2. The summed E-state index contributed by atoms with van der Waals surface area (Å²) in [6.07, 6.45) is 6.94. The Labute approximate surface area is 341 Å². The Balaban J connectivity index is 0.000000509. The minimum Gasteiger partial charge on any atom is -0.335 e. The van der Waals surface area contributed by atoms with Gasteiger partial charge >= 0.3 is 0 Å². The van der Waals surface area contributed by atoms with E-state index in [9.17, 15) is 52.7 Å². The summed E-state index contributed by atoms with van der Waals surface area (Å²) >= 11 is 0. The highest BCUT2D eigenvalue weighted by molar-refractivity contribution is 7.20. The van der Waals surface area contributed by atoms with E-state index >= 15 is 35.1 Å². The van der Waals surface area contributed by atoms with Gasteiger partial charge in [-0.3, -0.25) is 0 Å². The highest BCUT2D eigenvalue weighted by Gasteiger charge is 2.52. The number of rotatable bonds is 17. The topological polar surface area (TPSA) is 4.44 Å². The quantitative estimate of drug-likeness (QED) is 0.0354. The van der Waals surface area contributed by atoms with Crippen LogP contribution < -0.4 is 26.8 Å². The fourth-order valence-corrected chi connectivity index (χ4v) is 7.26. The van der Waals surface area contributed by atoms with E-state index in [1.54, 1.807) is 0 Å². The van der Waals surface area contributed by atoms with E-state index in [0.717, 1.165) is 0 Å². The molecule has 0 aliphatic rings. The van der Waals surface area contributed by atoms with Crippen LogP contribution in [0, 0.1) is 116 Å². The van der Waals surface area contributed by atoms with Crippen LogP contribution in [0.1, 0.15) is 85.0 Å². The van der Waals surface area contributed by atoms with Crippen molar-refractivity contribution in [3.63, 3.8) is 0 Å². The molecule has 0 spiro atoms. The van der Waals surface area contributed by atoms with E-state index in [1.807, 2.05) is 4.90 Å². The smallest absolute Gasteiger partial charge is 0.200 e. The zero-order valence-electron chi connectivity index (χ0n) is 32.8. The van der Waals surface area contributed by atoms with Crippen molar-refractivity contribution in [2.45, 2.75) is 85.0 Å². The lowest BCUT2D eigenvalue weighted by molar-refractivity contribution is -0.900. The zero-order valence-corrected chi connectivity index (χ0v) is 32.8. The molecule has 4 rings (SSSR count). The summed E-state index contributed by atoms with van der Waals surface area (Å²) in [4.78, 5) is 1.86. The van der Waals surface area contributed by atoms with Crippen LogP contribution in [0.4, 0.5) is 87.8 Å². The van der Waals surface area contributed by atoms with Crippen LogP contribution in [-0.4, -0.2) is 25.8 Å². The van der Waals surface area contributed by atoms with E-state index in [4.69, 9.17) is 0 Å². The fraction of sp³-hybridized carbons (Fsp3) is 0.400. The van der Waals surface area contributed by atoms with Crippen LogP contribution in [0.3, 0.4) is 0 Å². The summed E-state index contributed by atoms with van der Waals surface area (Å²) in [7, 11) is 0. The number of nitrogens with one attached hydrogen (secondary N) is 1. The van der Waals surface area contributed by atoms with E-state index in [-0.39, 0.29) is 0 Å². The number of benzene rings is 4. The number of halogens is 20. The minimum absolute atomic E-state index is 1.35. The molecule has 0 fully saturated rings.